The first-order chi connectivity index (χ1) is 13.8. The Hall–Kier alpha value is -2.47. The molecule has 6 heteroatoms. The zero-order valence-corrected chi connectivity index (χ0v) is 18.1. The van der Waals surface area contributed by atoms with Crippen LogP contribution in [0.5, 0.6) is 0 Å². The minimum Gasteiger partial charge on any atom is -0.454 e. The van der Waals surface area contributed by atoms with Gasteiger partial charge < -0.3 is 9.72 Å². The van der Waals surface area contributed by atoms with Gasteiger partial charge in [-0.1, -0.05) is 25.1 Å². The van der Waals surface area contributed by atoms with Crippen molar-refractivity contribution in [1.82, 2.24) is 9.97 Å². The highest BCUT2D eigenvalue weighted by Gasteiger charge is 2.24. The van der Waals surface area contributed by atoms with Gasteiger partial charge in [-0.3, -0.25) is 9.59 Å². The third-order valence-corrected chi connectivity index (χ3v) is 6.95. The summed E-state index contributed by atoms with van der Waals surface area (Å²) in [6.45, 7) is 8.06. The van der Waals surface area contributed by atoms with Crippen LogP contribution in [0.25, 0.3) is 10.2 Å². The van der Waals surface area contributed by atoms with Crippen molar-refractivity contribution >= 4 is 27.5 Å². The first-order valence-electron chi connectivity index (χ1n) is 10.1. The Morgan fingerprint density at radius 3 is 2.90 bits per heavy atom. The number of ether oxygens (including phenoxy) is 1. The molecule has 29 heavy (non-hydrogen) atoms. The van der Waals surface area contributed by atoms with E-state index in [1.807, 2.05) is 32.0 Å². The number of aryl methyl sites for hydroxylation is 3. The van der Waals surface area contributed by atoms with Crippen molar-refractivity contribution in [2.24, 2.45) is 5.92 Å². The minimum atomic E-state index is -0.607. The summed E-state index contributed by atoms with van der Waals surface area (Å²) >= 11 is 1.60. The van der Waals surface area contributed by atoms with Gasteiger partial charge in [0.15, 0.2) is 11.9 Å². The fraction of sp³-hybridized carbons (Fsp3) is 0.435. The van der Waals surface area contributed by atoms with E-state index in [4.69, 9.17) is 4.74 Å². The summed E-state index contributed by atoms with van der Waals surface area (Å²) in [5, 5.41) is 0.717. The van der Waals surface area contributed by atoms with Crippen LogP contribution in [-0.4, -0.2) is 15.9 Å². The van der Waals surface area contributed by atoms with E-state index in [0.29, 0.717) is 17.1 Å². The zero-order valence-electron chi connectivity index (χ0n) is 17.3. The van der Waals surface area contributed by atoms with Crippen LogP contribution >= 0.6 is 11.3 Å². The van der Waals surface area contributed by atoms with E-state index in [-0.39, 0.29) is 17.9 Å². The van der Waals surface area contributed by atoms with Gasteiger partial charge in [0, 0.05) is 4.88 Å². The SMILES string of the molecule is Cc1ccc(CC(=O)O[C@H](C)c2nc3sc4c(c3c(=O)[nH]2)CC[C@@H](C)C4)cc1C. The molecule has 2 heterocycles. The lowest BCUT2D eigenvalue weighted by atomic mass is 9.89. The van der Waals surface area contributed by atoms with E-state index in [2.05, 4.69) is 16.9 Å². The Kier molecular flexibility index (Phi) is 5.30. The number of nitrogens with one attached hydrogen (secondary N) is 1. The zero-order chi connectivity index (χ0) is 20.7. The molecule has 4 rings (SSSR count). The van der Waals surface area contributed by atoms with Crippen LogP contribution in [0, 0.1) is 19.8 Å². The average molecular weight is 411 g/mol. The summed E-state index contributed by atoms with van der Waals surface area (Å²) in [6, 6.07) is 5.95. The third kappa shape index (κ3) is 3.99. The van der Waals surface area contributed by atoms with Crippen molar-refractivity contribution in [3.63, 3.8) is 0 Å². The molecule has 0 spiro atoms. The predicted molar refractivity (Wildman–Crippen MR) is 116 cm³/mol. The van der Waals surface area contributed by atoms with Gasteiger partial charge in [-0.15, -0.1) is 11.3 Å². The van der Waals surface area contributed by atoms with Crippen molar-refractivity contribution in [2.45, 2.75) is 59.5 Å². The lowest BCUT2D eigenvalue weighted by molar-refractivity contribution is -0.148. The molecule has 0 unspecified atom stereocenters. The molecule has 2 aromatic heterocycles. The molecule has 0 saturated heterocycles. The van der Waals surface area contributed by atoms with Crippen LogP contribution in [-0.2, 0) is 28.8 Å². The standard InChI is InChI=1S/C23H26N2O3S/c1-12-5-8-17-18(9-12)29-23-20(17)22(27)24-21(25-23)15(4)28-19(26)11-16-7-6-13(2)14(3)10-16/h6-7,10,12,15H,5,8-9,11H2,1-4H3,(H,24,25,27)/t12-,15-/m1/s1. The Morgan fingerprint density at radius 2 is 2.14 bits per heavy atom. The quantitative estimate of drug-likeness (QED) is 0.640. The average Bonchev–Trinajstić information content (AvgIpc) is 3.02. The van der Waals surface area contributed by atoms with Crippen LogP contribution < -0.4 is 5.56 Å². The Bertz CT molecular complexity index is 1140. The number of fused-ring (bicyclic) bond motifs is 3. The topological polar surface area (TPSA) is 72.0 Å². The van der Waals surface area contributed by atoms with Crippen LogP contribution in [0.2, 0.25) is 0 Å². The molecule has 0 amide bonds. The molecule has 0 fully saturated rings. The number of hydrogen-bond acceptors (Lipinski definition) is 5. The number of rotatable bonds is 4. The maximum atomic E-state index is 12.7. The largest absolute Gasteiger partial charge is 0.454 e. The van der Waals surface area contributed by atoms with Gasteiger partial charge in [-0.25, -0.2) is 4.98 Å². The number of benzene rings is 1. The Labute approximate surface area is 174 Å². The summed E-state index contributed by atoms with van der Waals surface area (Å²) in [5.74, 6) is 0.713. The molecule has 1 aliphatic carbocycles. The first-order valence-corrected chi connectivity index (χ1v) is 10.9. The van der Waals surface area contributed by atoms with Crippen molar-refractivity contribution in [1.29, 1.82) is 0 Å². The summed E-state index contributed by atoms with van der Waals surface area (Å²) in [5.41, 5.74) is 4.29. The van der Waals surface area contributed by atoms with Crippen molar-refractivity contribution in [3.05, 3.63) is 61.5 Å². The molecule has 0 bridgehead atoms. The number of nitrogens with zero attached hydrogens (tertiary/aromatic N) is 1. The molecule has 1 N–H and O–H groups in total. The summed E-state index contributed by atoms with van der Waals surface area (Å²) in [7, 11) is 0. The molecule has 152 valence electrons. The normalized spacial score (nSPS) is 17.2. The summed E-state index contributed by atoms with van der Waals surface area (Å²) in [4.78, 5) is 34.6. The highest BCUT2D eigenvalue weighted by molar-refractivity contribution is 7.18. The van der Waals surface area contributed by atoms with E-state index in [1.165, 1.54) is 10.4 Å². The number of thiophene rings is 1. The highest BCUT2D eigenvalue weighted by atomic mass is 32.1. The van der Waals surface area contributed by atoms with Crippen LogP contribution in [0.4, 0.5) is 0 Å². The molecule has 0 saturated carbocycles. The maximum Gasteiger partial charge on any atom is 0.310 e. The van der Waals surface area contributed by atoms with E-state index >= 15 is 0 Å². The number of aromatic nitrogens is 2. The maximum absolute atomic E-state index is 12.7. The van der Waals surface area contributed by atoms with Gasteiger partial charge in [-0.2, -0.15) is 0 Å². The molecule has 0 radical (unpaired) electrons. The molecule has 5 nitrogen and oxygen atoms in total. The molecular weight excluding hydrogens is 384 g/mol. The minimum absolute atomic E-state index is 0.130. The van der Waals surface area contributed by atoms with E-state index in [0.717, 1.165) is 40.8 Å². The van der Waals surface area contributed by atoms with Gasteiger partial charge in [0.25, 0.3) is 5.56 Å². The van der Waals surface area contributed by atoms with Gasteiger partial charge >= 0.3 is 5.97 Å². The molecule has 3 aromatic rings. The molecule has 2 atom stereocenters. The summed E-state index contributed by atoms with van der Waals surface area (Å²) < 4.78 is 5.57. The molecule has 0 aliphatic heterocycles. The van der Waals surface area contributed by atoms with Crippen LogP contribution in [0.3, 0.4) is 0 Å². The fourth-order valence-corrected chi connectivity index (χ4v) is 5.32. The number of aromatic amines is 1. The van der Waals surface area contributed by atoms with Gasteiger partial charge in [0.2, 0.25) is 0 Å². The van der Waals surface area contributed by atoms with E-state index in [9.17, 15) is 9.59 Å². The monoisotopic (exact) mass is 410 g/mol. The van der Waals surface area contributed by atoms with Crippen LogP contribution in [0.15, 0.2) is 23.0 Å². The van der Waals surface area contributed by atoms with Crippen molar-refractivity contribution in [3.8, 4) is 0 Å². The lowest BCUT2D eigenvalue weighted by Gasteiger charge is -2.17. The number of carbonyl (C=O) groups is 1. The fourth-order valence-electron chi connectivity index (χ4n) is 3.93. The first kappa shape index (κ1) is 19.8. The molecular formula is C23H26N2O3S. The molecule has 1 aliphatic rings. The molecule has 1 aromatic carbocycles. The Morgan fingerprint density at radius 1 is 1.34 bits per heavy atom. The number of carbonyl (C=O) groups excluding carboxylic acids is 1. The van der Waals surface area contributed by atoms with Gasteiger partial charge in [-0.05, 0) is 68.2 Å². The van der Waals surface area contributed by atoms with Crippen molar-refractivity contribution in [2.75, 3.05) is 0 Å². The number of esters is 1. The number of hydrogen-bond donors (Lipinski definition) is 1. The third-order valence-electron chi connectivity index (χ3n) is 5.80. The Balaban J connectivity index is 1.53. The van der Waals surface area contributed by atoms with Crippen molar-refractivity contribution < 1.29 is 9.53 Å². The van der Waals surface area contributed by atoms with Crippen LogP contribution in [0.1, 0.15) is 59.3 Å². The van der Waals surface area contributed by atoms with Gasteiger partial charge in [0.05, 0.1) is 11.8 Å². The van der Waals surface area contributed by atoms with E-state index in [1.54, 1.807) is 18.3 Å². The van der Waals surface area contributed by atoms with E-state index < -0.39 is 6.10 Å². The second kappa shape index (κ2) is 7.75. The lowest BCUT2D eigenvalue weighted by Crippen LogP contribution is -2.19. The summed E-state index contributed by atoms with van der Waals surface area (Å²) in [6.07, 6.45) is 2.63. The second-order valence-corrected chi connectivity index (χ2v) is 9.29. The predicted octanol–water partition coefficient (Wildman–Crippen LogP) is 4.57. The smallest absolute Gasteiger partial charge is 0.310 e. The van der Waals surface area contributed by atoms with Gasteiger partial charge in [0.1, 0.15) is 4.83 Å². The highest BCUT2D eigenvalue weighted by Crippen LogP contribution is 2.36. The number of H-pyrrole nitrogens is 1. The second-order valence-electron chi connectivity index (χ2n) is 8.21.